The summed E-state index contributed by atoms with van der Waals surface area (Å²) in [5, 5.41) is 1.38. The molecule has 0 spiro atoms. The van der Waals surface area contributed by atoms with Crippen molar-refractivity contribution in [2.75, 3.05) is 39.2 Å². The van der Waals surface area contributed by atoms with Gasteiger partial charge in [-0.3, -0.25) is 9.59 Å². The minimum absolute atomic E-state index is 0.00683. The molecule has 0 bridgehead atoms. The average Bonchev–Trinajstić information content (AvgIpc) is 3.07. The monoisotopic (exact) mass is 439 g/mol. The van der Waals surface area contributed by atoms with Crippen molar-refractivity contribution in [2.45, 2.75) is 31.5 Å². The second-order valence-corrected chi connectivity index (χ2v) is 8.27. The van der Waals surface area contributed by atoms with Crippen molar-refractivity contribution < 1.29 is 19.1 Å². The van der Waals surface area contributed by atoms with E-state index in [1.54, 1.807) is 18.9 Å². The number of amides is 1. The lowest BCUT2D eigenvalue weighted by Crippen LogP contribution is -2.43. The Balaban J connectivity index is 1.67. The average molecular weight is 440 g/mol. The molecule has 1 saturated heterocycles. The molecule has 1 atom stereocenters. The maximum absolute atomic E-state index is 12.8. The van der Waals surface area contributed by atoms with Gasteiger partial charge in [-0.15, -0.1) is 0 Å². The van der Waals surface area contributed by atoms with Crippen LogP contribution in [-0.4, -0.2) is 65.5 Å². The highest BCUT2D eigenvalue weighted by molar-refractivity contribution is 7.99. The van der Waals surface area contributed by atoms with E-state index in [4.69, 9.17) is 21.1 Å². The van der Waals surface area contributed by atoms with Gasteiger partial charge in [-0.1, -0.05) is 23.4 Å². The van der Waals surface area contributed by atoms with Crippen LogP contribution in [0.15, 0.2) is 23.4 Å². The number of ether oxygens (including phenoxy) is 2. The normalized spacial score (nSPS) is 16.9. The van der Waals surface area contributed by atoms with Crippen LogP contribution < -0.4 is 0 Å². The van der Waals surface area contributed by atoms with Gasteiger partial charge in [0.25, 0.3) is 0 Å². The van der Waals surface area contributed by atoms with E-state index in [1.807, 2.05) is 22.8 Å². The first-order valence-corrected chi connectivity index (χ1v) is 11.1. The Morgan fingerprint density at radius 1 is 1.38 bits per heavy atom. The zero-order valence-corrected chi connectivity index (χ0v) is 18.3. The molecule has 1 aromatic carbocycles. The number of carbonyl (C=O) groups excluding carboxylic acids is 2. The number of methoxy groups -OCH3 is 1. The summed E-state index contributed by atoms with van der Waals surface area (Å²) in [6.45, 7) is 4.44. The molecule has 29 heavy (non-hydrogen) atoms. The van der Waals surface area contributed by atoms with E-state index in [1.165, 1.54) is 11.8 Å². The molecular formula is C20H26ClN3O4S. The van der Waals surface area contributed by atoms with Crippen LogP contribution in [-0.2, 0) is 25.6 Å². The first-order valence-electron chi connectivity index (χ1n) is 9.75. The van der Waals surface area contributed by atoms with E-state index in [-0.39, 0.29) is 23.5 Å². The minimum Gasteiger partial charge on any atom is -0.466 e. The Labute approximate surface area is 179 Å². The van der Waals surface area contributed by atoms with Crippen molar-refractivity contribution in [1.82, 2.24) is 14.5 Å². The number of likely N-dealkylation sites (tertiary alicyclic amines) is 1. The van der Waals surface area contributed by atoms with Crippen LogP contribution in [0.2, 0.25) is 5.02 Å². The van der Waals surface area contributed by atoms with Crippen molar-refractivity contribution in [3.8, 4) is 0 Å². The fraction of sp³-hybridized carbons (Fsp3) is 0.550. The second-order valence-electron chi connectivity index (χ2n) is 6.89. The number of nitrogens with zero attached hydrogens (tertiary/aromatic N) is 3. The molecule has 1 unspecified atom stereocenters. The molecule has 7 nitrogen and oxygen atoms in total. The van der Waals surface area contributed by atoms with Gasteiger partial charge < -0.3 is 18.9 Å². The topological polar surface area (TPSA) is 73.7 Å². The number of hydrogen-bond acceptors (Lipinski definition) is 6. The van der Waals surface area contributed by atoms with Gasteiger partial charge in [-0.2, -0.15) is 0 Å². The Morgan fingerprint density at radius 3 is 2.97 bits per heavy atom. The number of fused-ring (bicyclic) bond motifs is 1. The Morgan fingerprint density at radius 2 is 2.21 bits per heavy atom. The maximum atomic E-state index is 12.8. The lowest BCUT2D eigenvalue weighted by Gasteiger charge is -2.31. The number of benzene rings is 1. The zero-order valence-electron chi connectivity index (χ0n) is 16.7. The van der Waals surface area contributed by atoms with Gasteiger partial charge in [0.1, 0.15) is 0 Å². The van der Waals surface area contributed by atoms with Crippen LogP contribution in [0.5, 0.6) is 0 Å². The highest BCUT2D eigenvalue weighted by Crippen LogP contribution is 2.27. The first-order chi connectivity index (χ1) is 14.0. The van der Waals surface area contributed by atoms with Gasteiger partial charge in [-0.05, 0) is 38.0 Å². The van der Waals surface area contributed by atoms with Crippen molar-refractivity contribution in [1.29, 1.82) is 0 Å². The van der Waals surface area contributed by atoms with Crippen LogP contribution in [0.1, 0.15) is 19.8 Å². The summed E-state index contributed by atoms with van der Waals surface area (Å²) in [5.74, 6) is -0.172. The second kappa shape index (κ2) is 10.3. The van der Waals surface area contributed by atoms with Crippen molar-refractivity contribution >= 4 is 46.3 Å². The molecule has 2 aromatic rings. The predicted octanol–water partition coefficient (Wildman–Crippen LogP) is 3.23. The Hall–Kier alpha value is -1.77. The molecule has 1 aliphatic rings. The summed E-state index contributed by atoms with van der Waals surface area (Å²) in [7, 11) is 1.66. The first kappa shape index (κ1) is 21.9. The van der Waals surface area contributed by atoms with Gasteiger partial charge >= 0.3 is 5.97 Å². The molecule has 2 heterocycles. The van der Waals surface area contributed by atoms with Gasteiger partial charge in [0, 0.05) is 31.8 Å². The molecule has 9 heteroatoms. The lowest BCUT2D eigenvalue weighted by atomic mass is 9.98. The lowest BCUT2D eigenvalue weighted by molar-refractivity contribution is -0.151. The Bertz CT molecular complexity index is 873. The quantitative estimate of drug-likeness (QED) is 0.464. The number of rotatable bonds is 8. The molecule has 1 aliphatic heterocycles. The summed E-state index contributed by atoms with van der Waals surface area (Å²) in [6, 6.07) is 5.58. The molecule has 0 N–H and O–H groups in total. The molecule has 1 amide bonds. The Kier molecular flexibility index (Phi) is 7.80. The largest absolute Gasteiger partial charge is 0.466 e. The van der Waals surface area contributed by atoms with E-state index in [0.29, 0.717) is 37.9 Å². The third kappa shape index (κ3) is 5.43. The summed E-state index contributed by atoms with van der Waals surface area (Å²) in [5.41, 5.74) is 1.76. The molecular weight excluding hydrogens is 414 g/mol. The molecule has 3 rings (SSSR count). The number of halogens is 1. The molecule has 0 radical (unpaired) electrons. The number of carbonyl (C=O) groups is 2. The van der Waals surface area contributed by atoms with E-state index < -0.39 is 0 Å². The molecule has 1 fully saturated rings. The molecule has 0 saturated carbocycles. The van der Waals surface area contributed by atoms with Gasteiger partial charge in [0.2, 0.25) is 5.91 Å². The van der Waals surface area contributed by atoms with Gasteiger partial charge in [0.15, 0.2) is 5.16 Å². The van der Waals surface area contributed by atoms with Crippen molar-refractivity contribution in [3.63, 3.8) is 0 Å². The number of hydrogen-bond donors (Lipinski definition) is 0. The molecule has 1 aromatic heterocycles. The fourth-order valence-electron chi connectivity index (χ4n) is 3.46. The number of piperidine rings is 1. The highest BCUT2D eigenvalue weighted by atomic mass is 35.5. The predicted molar refractivity (Wildman–Crippen MR) is 113 cm³/mol. The molecule has 158 valence electrons. The van der Waals surface area contributed by atoms with Gasteiger partial charge in [-0.25, -0.2) is 4.98 Å². The van der Waals surface area contributed by atoms with E-state index in [9.17, 15) is 9.59 Å². The van der Waals surface area contributed by atoms with Crippen LogP contribution in [0, 0.1) is 5.92 Å². The van der Waals surface area contributed by atoms with Crippen LogP contribution in [0.3, 0.4) is 0 Å². The SMILES string of the molecule is CCOC(=O)C1CCCN(C(=O)CSc2nc3cc(Cl)ccc3n2CCOC)C1. The third-order valence-corrected chi connectivity index (χ3v) is 6.11. The summed E-state index contributed by atoms with van der Waals surface area (Å²) >= 11 is 7.49. The maximum Gasteiger partial charge on any atom is 0.310 e. The number of thioether (sulfide) groups is 1. The minimum atomic E-state index is -0.230. The number of aromatic nitrogens is 2. The number of esters is 1. The summed E-state index contributed by atoms with van der Waals surface area (Å²) in [6.07, 6.45) is 1.58. The summed E-state index contributed by atoms with van der Waals surface area (Å²) in [4.78, 5) is 31.2. The van der Waals surface area contributed by atoms with Crippen molar-refractivity contribution in [3.05, 3.63) is 23.2 Å². The van der Waals surface area contributed by atoms with Crippen LogP contribution >= 0.6 is 23.4 Å². The molecule has 0 aliphatic carbocycles. The standard InChI is InChI=1S/C20H26ClN3O4S/c1-3-28-19(26)14-5-4-8-23(12-14)18(25)13-29-20-22-16-11-15(21)6-7-17(16)24(20)9-10-27-2/h6-7,11,14H,3-5,8-10,12-13H2,1-2H3. The smallest absolute Gasteiger partial charge is 0.310 e. The van der Waals surface area contributed by atoms with E-state index in [2.05, 4.69) is 4.98 Å². The highest BCUT2D eigenvalue weighted by Gasteiger charge is 2.29. The number of imidazole rings is 1. The van der Waals surface area contributed by atoms with Crippen molar-refractivity contribution in [2.24, 2.45) is 5.92 Å². The third-order valence-electron chi connectivity index (χ3n) is 4.91. The van der Waals surface area contributed by atoms with E-state index >= 15 is 0 Å². The van der Waals surface area contributed by atoms with E-state index in [0.717, 1.165) is 29.0 Å². The fourth-order valence-corrected chi connectivity index (χ4v) is 4.57. The zero-order chi connectivity index (χ0) is 20.8. The summed E-state index contributed by atoms with van der Waals surface area (Å²) < 4.78 is 12.4. The van der Waals surface area contributed by atoms with Gasteiger partial charge in [0.05, 0.1) is 35.9 Å². The van der Waals surface area contributed by atoms with Crippen LogP contribution in [0.25, 0.3) is 11.0 Å². The van der Waals surface area contributed by atoms with Crippen LogP contribution in [0.4, 0.5) is 0 Å².